The van der Waals surface area contributed by atoms with Crippen LogP contribution in [0.3, 0.4) is 0 Å². The third kappa shape index (κ3) is 3.02. The molecule has 1 saturated heterocycles. The molecule has 4 amide bonds. The second kappa shape index (κ2) is 6.01. The summed E-state index contributed by atoms with van der Waals surface area (Å²) in [6, 6.07) is -1.26. The summed E-state index contributed by atoms with van der Waals surface area (Å²) in [6.45, 7) is 3.87. The number of amides is 4. The van der Waals surface area contributed by atoms with Crippen LogP contribution in [0.1, 0.15) is 46.0 Å². The smallest absolute Gasteiger partial charge is 0.325 e. The van der Waals surface area contributed by atoms with E-state index in [2.05, 4.69) is 10.6 Å². The number of nitrogens with zero attached hydrogens (tertiary/aromatic N) is 1. The van der Waals surface area contributed by atoms with Gasteiger partial charge in [0.05, 0.1) is 0 Å². The minimum Gasteiger partial charge on any atom is -0.354 e. The lowest BCUT2D eigenvalue weighted by atomic mass is 9.97. The van der Waals surface area contributed by atoms with Gasteiger partial charge in [-0.2, -0.15) is 0 Å². The highest BCUT2D eigenvalue weighted by molar-refractivity contribution is 6.09. The zero-order valence-electron chi connectivity index (χ0n) is 12.6. The SMILES string of the molecule is CC(N)CCNC(=O)C(C)N1C(=O)NC2(CCCC2)C1=O. The Morgan fingerprint density at radius 2 is 2.00 bits per heavy atom. The van der Waals surface area contributed by atoms with E-state index in [-0.39, 0.29) is 17.9 Å². The number of hydrogen-bond acceptors (Lipinski definition) is 4. The molecule has 2 unspecified atom stereocenters. The van der Waals surface area contributed by atoms with Crippen molar-refractivity contribution in [1.29, 1.82) is 0 Å². The molecule has 1 spiro atoms. The first kappa shape index (κ1) is 15.8. The number of imide groups is 1. The van der Waals surface area contributed by atoms with Crippen molar-refractivity contribution >= 4 is 17.8 Å². The van der Waals surface area contributed by atoms with Crippen molar-refractivity contribution in [3.8, 4) is 0 Å². The minimum absolute atomic E-state index is 0.000850. The van der Waals surface area contributed by atoms with Crippen LogP contribution in [0.25, 0.3) is 0 Å². The van der Waals surface area contributed by atoms with E-state index in [4.69, 9.17) is 5.73 Å². The van der Waals surface area contributed by atoms with Gasteiger partial charge in [0.1, 0.15) is 11.6 Å². The fourth-order valence-corrected chi connectivity index (χ4v) is 3.00. The zero-order chi connectivity index (χ0) is 15.6. The van der Waals surface area contributed by atoms with Gasteiger partial charge in [-0.1, -0.05) is 12.8 Å². The van der Waals surface area contributed by atoms with Gasteiger partial charge in [0, 0.05) is 12.6 Å². The molecule has 0 aromatic rings. The van der Waals surface area contributed by atoms with E-state index in [1.165, 1.54) is 0 Å². The van der Waals surface area contributed by atoms with Gasteiger partial charge in [0.25, 0.3) is 5.91 Å². The highest BCUT2D eigenvalue weighted by atomic mass is 16.2. The minimum atomic E-state index is -0.800. The molecule has 7 nitrogen and oxygen atoms in total. The molecule has 2 aliphatic rings. The molecule has 2 atom stereocenters. The molecule has 7 heteroatoms. The van der Waals surface area contributed by atoms with Crippen LogP contribution in [-0.4, -0.2) is 46.9 Å². The Hall–Kier alpha value is -1.63. The molecule has 0 radical (unpaired) electrons. The Morgan fingerprint density at radius 3 is 2.57 bits per heavy atom. The predicted molar refractivity (Wildman–Crippen MR) is 77.3 cm³/mol. The molecule has 0 aromatic heterocycles. The maximum Gasteiger partial charge on any atom is 0.325 e. The number of urea groups is 1. The third-order valence-corrected chi connectivity index (χ3v) is 4.32. The number of nitrogens with one attached hydrogen (secondary N) is 2. The lowest BCUT2D eigenvalue weighted by Gasteiger charge is -2.23. The maximum atomic E-state index is 12.5. The van der Waals surface area contributed by atoms with Crippen molar-refractivity contribution in [1.82, 2.24) is 15.5 Å². The van der Waals surface area contributed by atoms with Gasteiger partial charge in [-0.3, -0.25) is 9.59 Å². The quantitative estimate of drug-likeness (QED) is 0.625. The molecule has 2 rings (SSSR count). The molecule has 118 valence electrons. The Kier molecular flexibility index (Phi) is 4.51. The van der Waals surface area contributed by atoms with E-state index in [1.807, 2.05) is 6.92 Å². The van der Waals surface area contributed by atoms with Crippen LogP contribution in [0.5, 0.6) is 0 Å². The second-order valence-electron chi connectivity index (χ2n) is 6.13. The summed E-state index contributed by atoms with van der Waals surface area (Å²) in [6.07, 6.45) is 3.83. The Morgan fingerprint density at radius 1 is 1.38 bits per heavy atom. The van der Waals surface area contributed by atoms with Crippen molar-refractivity contribution in [2.24, 2.45) is 5.73 Å². The fraction of sp³-hybridized carbons (Fsp3) is 0.786. The molecule has 2 fully saturated rings. The Labute approximate surface area is 124 Å². The predicted octanol–water partition coefficient (Wildman–Crippen LogP) is 0.0930. The van der Waals surface area contributed by atoms with Gasteiger partial charge in [0.2, 0.25) is 5.91 Å². The summed E-state index contributed by atoms with van der Waals surface area (Å²) in [5, 5.41) is 5.49. The van der Waals surface area contributed by atoms with E-state index in [0.29, 0.717) is 25.8 Å². The summed E-state index contributed by atoms with van der Waals surface area (Å²) in [5.41, 5.74) is 4.85. The molecule has 0 bridgehead atoms. The van der Waals surface area contributed by atoms with E-state index in [9.17, 15) is 14.4 Å². The van der Waals surface area contributed by atoms with Gasteiger partial charge in [0.15, 0.2) is 0 Å². The average molecular weight is 296 g/mol. The number of nitrogens with two attached hydrogens (primary N) is 1. The number of hydrogen-bond donors (Lipinski definition) is 3. The van der Waals surface area contributed by atoms with Crippen LogP contribution in [0.15, 0.2) is 0 Å². The number of carbonyl (C=O) groups is 3. The van der Waals surface area contributed by atoms with Gasteiger partial charge in [-0.25, -0.2) is 9.69 Å². The van der Waals surface area contributed by atoms with Crippen molar-refractivity contribution in [3.63, 3.8) is 0 Å². The monoisotopic (exact) mass is 296 g/mol. The zero-order valence-corrected chi connectivity index (χ0v) is 12.6. The van der Waals surface area contributed by atoms with Gasteiger partial charge >= 0.3 is 6.03 Å². The largest absolute Gasteiger partial charge is 0.354 e. The van der Waals surface area contributed by atoms with Gasteiger partial charge in [-0.15, -0.1) is 0 Å². The summed E-state index contributed by atoms with van der Waals surface area (Å²) in [4.78, 5) is 37.7. The summed E-state index contributed by atoms with van der Waals surface area (Å²) >= 11 is 0. The van der Waals surface area contributed by atoms with Crippen LogP contribution in [-0.2, 0) is 9.59 Å². The van der Waals surface area contributed by atoms with E-state index in [1.54, 1.807) is 6.92 Å². The average Bonchev–Trinajstić information content (AvgIpc) is 2.96. The molecular weight excluding hydrogens is 272 g/mol. The topological polar surface area (TPSA) is 105 Å². The van der Waals surface area contributed by atoms with Crippen molar-refractivity contribution in [3.05, 3.63) is 0 Å². The Bertz CT molecular complexity index is 444. The lowest BCUT2D eigenvalue weighted by molar-refractivity contribution is -0.137. The van der Waals surface area contributed by atoms with Crippen molar-refractivity contribution in [2.45, 2.75) is 63.6 Å². The summed E-state index contributed by atoms with van der Waals surface area (Å²) < 4.78 is 0. The Balaban J connectivity index is 1.98. The van der Waals surface area contributed by atoms with Crippen molar-refractivity contribution < 1.29 is 14.4 Å². The summed E-state index contributed by atoms with van der Waals surface area (Å²) in [7, 11) is 0. The molecule has 21 heavy (non-hydrogen) atoms. The molecule has 1 saturated carbocycles. The van der Waals surface area contributed by atoms with Crippen LogP contribution in [0, 0.1) is 0 Å². The van der Waals surface area contributed by atoms with Crippen LogP contribution >= 0.6 is 0 Å². The van der Waals surface area contributed by atoms with E-state index < -0.39 is 17.6 Å². The molecule has 1 heterocycles. The molecule has 1 aliphatic heterocycles. The third-order valence-electron chi connectivity index (χ3n) is 4.32. The van der Waals surface area contributed by atoms with E-state index >= 15 is 0 Å². The van der Waals surface area contributed by atoms with Crippen LogP contribution in [0.2, 0.25) is 0 Å². The first-order valence-corrected chi connectivity index (χ1v) is 7.56. The fourth-order valence-electron chi connectivity index (χ4n) is 3.00. The molecule has 4 N–H and O–H groups in total. The van der Waals surface area contributed by atoms with Gasteiger partial charge < -0.3 is 16.4 Å². The maximum absolute atomic E-state index is 12.5. The van der Waals surface area contributed by atoms with E-state index in [0.717, 1.165) is 17.7 Å². The lowest BCUT2D eigenvalue weighted by Crippen LogP contribution is -2.50. The normalized spacial score (nSPS) is 23.3. The summed E-state index contributed by atoms with van der Waals surface area (Å²) in [5.74, 6) is -0.589. The van der Waals surface area contributed by atoms with Gasteiger partial charge in [-0.05, 0) is 33.1 Å². The van der Waals surface area contributed by atoms with Crippen LogP contribution < -0.4 is 16.4 Å². The molecule has 1 aliphatic carbocycles. The van der Waals surface area contributed by atoms with Crippen molar-refractivity contribution in [2.75, 3.05) is 6.54 Å². The highest BCUT2D eigenvalue weighted by Gasteiger charge is 2.54. The first-order chi connectivity index (χ1) is 9.87. The number of rotatable bonds is 5. The molecule has 0 aromatic carbocycles. The van der Waals surface area contributed by atoms with Crippen LogP contribution in [0.4, 0.5) is 4.79 Å². The molecular formula is C14H24N4O3. The number of carbonyl (C=O) groups excluding carboxylic acids is 3. The highest BCUT2D eigenvalue weighted by Crippen LogP contribution is 2.35. The standard InChI is InChI=1S/C14H24N4O3/c1-9(15)5-8-16-11(19)10(2)18-12(20)14(17-13(18)21)6-3-4-7-14/h9-10H,3-8,15H2,1-2H3,(H,16,19)(H,17,21). The first-order valence-electron chi connectivity index (χ1n) is 7.56. The second-order valence-corrected chi connectivity index (χ2v) is 6.13.